The summed E-state index contributed by atoms with van der Waals surface area (Å²) in [6.07, 6.45) is 1.69. The first-order valence-electron chi connectivity index (χ1n) is 7.18. The summed E-state index contributed by atoms with van der Waals surface area (Å²) in [5.74, 6) is 0. The van der Waals surface area contributed by atoms with Gasteiger partial charge in [-0.05, 0) is 45.3 Å². The largest absolute Gasteiger partial charge is 0.494 e. The highest BCUT2D eigenvalue weighted by atomic mass is 16.7. The van der Waals surface area contributed by atoms with Crippen LogP contribution in [-0.2, 0) is 9.31 Å². The zero-order valence-corrected chi connectivity index (χ0v) is 13.2. The molecule has 0 bridgehead atoms. The zero-order valence-electron chi connectivity index (χ0n) is 13.2. The van der Waals surface area contributed by atoms with Crippen LogP contribution in [0.25, 0.3) is 11.0 Å². The van der Waals surface area contributed by atoms with Gasteiger partial charge >= 0.3 is 7.12 Å². The van der Waals surface area contributed by atoms with E-state index in [0.29, 0.717) is 0 Å². The maximum absolute atomic E-state index is 6.02. The molecule has 0 saturated carbocycles. The maximum Gasteiger partial charge on any atom is 0.494 e. The number of H-pyrrole nitrogens is 1. The molecule has 2 heterocycles. The number of benzene rings is 1. The Hall–Kier alpha value is -1.33. The van der Waals surface area contributed by atoms with Crippen LogP contribution < -0.4 is 5.46 Å². The van der Waals surface area contributed by atoms with Crippen LogP contribution in [0.15, 0.2) is 24.5 Å². The summed E-state index contributed by atoms with van der Waals surface area (Å²) < 4.78 is 12.0. The van der Waals surface area contributed by atoms with Crippen molar-refractivity contribution in [1.29, 1.82) is 0 Å². The molecule has 2 aromatic rings. The molecule has 1 aromatic carbocycles. The van der Waals surface area contributed by atoms with Crippen LogP contribution in [0.4, 0.5) is 0 Å². The third kappa shape index (κ3) is 2.48. The van der Waals surface area contributed by atoms with Crippen LogP contribution >= 0.6 is 0 Å². The molecule has 1 aliphatic rings. The van der Waals surface area contributed by atoms with Crippen LogP contribution in [0.1, 0.15) is 41.5 Å². The number of nitrogens with zero attached hydrogens (tertiary/aromatic N) is 1. The van der Waals surface area contributed by atoms with E-state index in [1.54, 1.807) is 6.33 Å². The van der Waals surface area contributed by atoms with Gasteiger partial charge in [-0.2, -0.15) is 0 Å². The first-order chi connectivity index (χ1) is 9.39. The van der Waals surface area contributed by atoms with Crippen molar-refractivity contribution >= 4 is 23.6 Å². The third-order valence-corrected chi connectivity index (χ3v) is 3.97. The van der Waals surface area contributed by atoms with E-state index < -0.39 is 0 Å². The zero-order chi connectivity index (χ0) is 15.0. The summed E-state index contributed by atoms with van der Waals surface area (Å²) >= 11 is 0. The van der Waals surface area contributed by atoms with Crippen molar-refractivity contribution in [3.05, 3.63) is 24.5 Å². The fraction of sp³-hybridized carbons (Fsp3) is 0.533. The van der Waals surface area contributed by atoms with E-state index in [0.717, 1.165) is 16.5 Å². The van der Waals surface area contributed by atoms with Crippen molar-refractivity contribution in [3.8, 4) is 0 Å². The number of hydrogen-bond donors (Lipinski definition) is 1. The number of aromatic amines is 1. The van der Waals surface area contributed by atoms with Gasteiger partial charge in [-0.15, -0.1) is 0 Å². The Morgan fingerprint density at radius 2 is 1.65 bits per heavy atom. The monoisotopic (exact) mass is 274 g/mol. The van der Waals surface area contributed by atoms with E-state index in [2.05, 4.69) is 37.7 Å². The summed E-state index contributed by atoms with van der Waals surface area (Å²) in [5.41, 5.74) is 2.36. The smallest absolute Gasteiger partial charge is 0.399 e. The quantitative estimate of drug-likeness (QED) is 0.813. The highest BCUT2D eigenvalue weighted by Gasteiger charge is 2.51. The molecule has 5 heteroatoms. The number of hydrogen-bond acceptors (Lipinski definition) is 3. The highest BCUT2D eigenvalue weighted by molar-refractivity contribution is 6.62. The van der Waals surface area contributed by atoms with Gasteiger partial charge in [0.25, 0.3) is 0 Å². The second-order valence-electron chi connectivity index (χ2n) is 5.77. The normalized spacial score (nSPS) is 19.8. The lowest BCUT2D eigenvalue weighted by molar-refractivity contribution is 0.00578. The molecular formula is C15H23BN2O2. The van der Waals surface area contributed by atoms with Crippen molar-refractivity contribution < 1.29 is 9.31 Å². The molecule has 0 unspecified atom stereocenters. The molecule has 1 fully saturated rings. The van der Waals surface area contributed by atoms with Gasteiger partial charge in [0, 0.05) is 0 Å². The summed E-state index contributed by atoms with van der Waals surface area (Å²) in [6.45, 7) is 12.2. The molecule has 3 rings (SSSR count). The summed E-state index contributed by atoms with van der Waals surface area (Å²) in [7, 11) is -0.317. The first kappa shape index (κ1) is 15.1. The van der Waals surface area contributed by atoms with Gasteiger partial charge in [0.2, 0.25) is 0 Å². The van der Waals surface area contributed by atoms with Gasteiger partial charge in [-0.25, -0.2) is 4.98 Å². The Kier molecular flexibility index (Phi) is 3.94. The molecule has 0 aliphatic carbocycles. The second kappa shape index (κ2) is 5.22. The molecule has 1 aliphatic heterocycles. The average Bonchev–Trinajstić information content (AvgIpc) is 2.94. The molecule has 1 N–H and O–H groups in total. The van der Waals surface area contributed by atoms with Gasteiger partial charge in [0.05, 0.1) is 28.6 Å². The van der Waals surface area contributed by atoms with E-state index >= 15 is 0 Å². The molecule has 1 saturated heterocycles. The van der Waals surface area contributed by atoms with Crippen LogP contribution in [0.5, 0.6) is 0 Å². The molecule has 0 amide bonds. The lowest BCUT2D eigenvalue weighted by atomic mass is 9.79. The Balaban J connectivity index is 0.000000704. The minimum absolute atomic E-state index is 0.305. The Labute approximate surface area is 121 Å². The molecule has 20 heavy (non-hydrogen) atoms. The van der Waals surface area contributed by atoms with E-state index in [4.69, 9.17) is 9.31 Å². The van der Waals surface area contributed by atoms with Gasteiger partial charge in [-0.1, -0.05) is 19.9 Å². The van der Waals surface area contributed by atoms with E-state index in [-0.39, 0.29) is 18.3 Å². The fourth-order valence-electron chi connectivity index (χ4n) is 2.08. The van der Waals surface area contributed by atoms with E-state index in [1.165, 1.54) is 0 Å². The van der Waals surface area contributed by atoms with Crippen molar-refractivity contribution in [1.82, 2.24) is 9.97 Å². The Morgan fingerprint density at radius 1 is 1.05 bits per heavy atom. The van der Waals surface area contributed by atoms with Crippen molar-refractivity contribution in [2.75, 3.05) is 0 Å². The standard InChI is InChI=1S/C13H17BN2O2.C2H6/c1-12(2)13(3,4)18-14(17-12)9-5-6-10-11(7-9)16-8-15-10;1-2/h5-8H,1-4H3,(H,15,16);1-2H3. The van der Waals surface area contributed by atoms with Gasteiger partial charge in [0.15, 0.2) is 0 Å². The van der Waals surface area contributed by atoms with E-state index in [9.17, 15) is 0 Å². The van der Waals surface area contributed by atoms with Gasteiger partial charge < -0.3 is 14.3 Å². The number of imidazole rings is 1. The lowest BCUT2D eigenvalue weighted by Crippen LogP contribution is -2.41. The molecule has 108 valence electrons. The molecule has 0 atom stereocenters. The number of aromatic nitrogens is 2. The number of rotatable bonds is 1. The Bertz CT molecular complexity index is 576. The third-order valence-electron chi connectivity index (χ3n) is 3.97. The van der Waals surface area contributed by atoms with Crippen LogP contribution in [0, 0.1) is 0 Å². The molecule has 4 nitrogen and oxygen atoms in total. The van der Waals surface area contributed by atoms with Crippen molar-refractivity contribution in [3.63, 3.8) is 0 Å². The topological polar surface area (TPSA) is 47.1 Å². The van der Waals surface area contributed by atoms with Crippen LogP contribution in [0.3, 0.4) is 0 Å². The minimum Gasteiger partial charge on any atom is -0.399 e. The first-order valence-corrected chi connectivity index (χ1v) is 7.18. The number of fused-ring (bicyclic) bond motifs is 1. The SMILES string of the molecule is CC.CC1(C)OB(c2ccc3nc[nH]c3c2)OC1(C)C. The minimum atomic E-state index is -0.317. The lowest BCUT2D eigenvalue weighted by Gasteiger charge is -2.32. The summed E-state index contributed by atoms with van der Waals surface area (Å²) in [5, 5.41) is 0. The van der Waals surface area contributed by atoms with Gasteiger partial charge in [-0.3, -0.25) is 0 Å². The predicted molar refractivity (Wildman–Crippen MR) is 83.2 cm³/mol. The Morgan fingerprint density at radius 3 is 2.25 bits per heavy atom. The maximum atomic E-state index is 6.02. The molecular weight excluding hydrogens is 251 g/mol. The highest BCUT2D eigenvalue weighted by Crippen LogP contribution is 2.36. The van der Waals surface area contributed by atoms with Crippen molar-refractivity contribution in [2.24, 2.45) is 0 Å². The molecule has 0 radical (unpaired) electrons. The van der Waals surface area contributed by atoms with Crippen molar-refractivity contribution in [2.45, 2.75) is 52.7 Å². The van der Waals surface area contributed by atoms with Gasteiger partial charge in [0.1, 0.15) is 0 Å². The molecule has 1 aromatic heterocycles. The summed E-state index contributed by atoms with van der Waals surface area (Å²) in [4.78, 5) is 7.31. The van der Waals surface area contributed by atoms with Crippen LogP contribution in [0.2, 0.25) is 0 Å². The van der Waals surface area contributed by atoms with Crippen LogP contribution in [-0.4, -0.2) is 28.3 Å². The number of nitrogens with one attached hydrogen (secondary N) is 1. The molecule has 0 spiro atoms. The fourth-order valence-corrected chi connectivity index (χ4v) is 2.08. The summed E-state index contributed by atoms with van der Waals surface area (Å²) in [6, 6.07) is 6.02. The van der Waals surface area contributed by atoms with E-state index in [1.807, 2.05) is 32.0 Å². The average molecular weight is 274 g/mol. The predicted octanol–water partition coefficient (Wildman–Crippen LogP) is 2.89. The second-order valence-corrected chi connectivity index (χ2v) is 5.77.